The number of hydrogen-bond donors (Lipinski definition) is 1. The first-order valence-corrected chi connectivity index (χ1v) is 8.96. The van der Waals surface area contributed by atoms with Gasteiger partial charge in [0.25, 0.3) is 5.56 Å². The number of ether oxygens (including phenoxy) is 1. The molecular formula is C17H13ClFN3O5S. The van der Waals surface area contributed by atoms with Crippen LogP contribution in [-0.2, 0) is 18.8 Å². The second-order valence-electron chi connectivity index (χ2n) is 5.85. The van der Waals surface area contributed by atoms with Crippen LogP contribution in [-0.4, -0.2) is 27.5 Å². The molecule has 0 atom stereocenters. The van der Waals surface area contributed by atoms with Crippen LogP contribution in [0, 0.1) is 5.82 Å². The lowest BCUT2D eigenvalue weighted by atomic mass is 10.2. The van der Waals surface area contributed by atoms with Crippen molar-refractivity contribution in [2.45, 2.75) is 0 Å². The number of thiophene rings is 1. The maximum Gasteiger partial charge on any atom is 0.350 e. The number of carbonyl (C=O) groups is 2. The maximum atomic E-state index is 13.3. The van der Waals surface area contributed by atoms with E-state index in [9.17, 15) is 23.6 Å². The monoisotopic (exact) mass is 425 g/mol. The van der Waals surface area contributed by atoms with E-state index in [1.165, 1.54) is 32.3 Å². The van der Waals surface area contributed by atoms with Gasteiger partial charge in [0.15, 0.2) is 6.61 Å². The predicted molar refractivity (Wildman–Crippen MR) is 103 cm³/mol. The van der Waals surface area contributed by atoms with Crippen LogP contribution >= 0.6 is 22.9 Å². The number of Topliss-reactive ketones (excluding diaryl/α,β-unsaturated/α-hetero) is 1. The number of esters is 1. The molecule has 0 saturated heterocycles. The summed E-state index contributed by atoms with van der Waals surface area (Å²) < 4.78 is 20.4. The molecule has 146 valence electrons. The maximum absolute atomic E-state index is 13.3. The van der Waals surface area contributed by atoms with Crippen molar-refractivity contribution >= 4 is 50.6 Å². The molecule has 2 aromatic heterocycles. The summed E-state index contributed by atoms with van der Waals surface area (Å²) >= 11 is 7.05. The number of anilines is 1. The van der Waals surface area contributed by atoms with Gasteiger partial charge in [-0.15, -0.1) is 11.3 Å². The van der Waals surface area contributed by atoms with Crippen LogP contribution in [0.1, 0.15) is 20.0 Å². The molecule has 2 N–H and O–H groups in total. The van der Waals surface area contributed by atoms with E-state index < -0.39 is 41.0 Å². The summed E-state index contributed by atoms with van der Waals surface area (Å²) in [5, 5.41) is 0.553. The fourth-order valence-corrected chi connectivity index (χ4v) is 3.99. The predicted octanol–water partition coefficient (Wildman–Crippen LogP) is 1.71. The molecule has 0 bridgehead atoms. The lowest BCUT2D eigenvalue weighted by Crippen LogP contribution is -2.42. The largest absolute Gasteiger partial charge is 0.453 e. The average Bonchev–Trinajstić information content (AvgIpc) is 2.98. The molecule has 3 aromatic rings. The van der Waals surface area contributed by atoms with Gasteiger partial charge in [-0.05, 0) is 18.2 Å². The Morgan fingerprint density at radius 3 is 2.61 bits per heavy atom. The van der Waals surface area contributed by atoms with Gasteiger partial charge >= 0.3 is 11.7 Å². The van der Waals surface area contributed by atoms with Crippen LogP contribution in [0.4, 0.5) is 10.2 Å². The number of rotatable bonds is 4. The zero-order chi connectivity index (χ0) is 20.7. The highest BCUT2D eigenvalue weighted by Crippen LogP contribution is 2.36. The van der Waals surface area contributed by atoms with Crippen LogP contribution in [0.5, 0.6) is 0 Å². The van der Waals surface area contributed by atoms with Crippen molar-refractivity contribution in [3.05, 3.63) is 60.3 Å². The lowest BCUT2D eigenvalue weighted by Gasteiger charge is -2.10. The first-order valence-electron chi connectivity index (χ1n) is 7.76. The van der Waals surface area contributed by atoms with Crippen molar-refractivity contribution in [1.29, 1.82) is 0 Å². The minimum Gasteiger partial charge on any atom is -0.453 e. The topological polar surface area (TPSA) is 113 Å². The van der Waals surface area contributed by atoms with Gasteiger partial charge in [0, 0.05) is 24.2 Å². The normalized spacial score (nSPS) is 11.0. The van der Waals surface area contributed by atoms with Gasteiger partial charge < -0.3 is 10.5 Å². The number of fused-ring (bicyclic) bond motifs is 1. The van der Waals surface area contributed by atoms with Gasteiger partial charge in [-0.1, -0.05) is 11.6 Å². The van der Waals surface area contributed by atoms with Gasteiger partial charge in [-0.2, -0.15) is 0 Å². The van der Waals surface area contributed by atoms with Gasteiger partial charge in [0.1, 0.15) is 22.1 Å². The van der Waals surface area contributed by atoms with Gasteiger partial charge in [0.05, 0.1) is 5.02 Å². The summed E-state index contributed by atoms with van der Waals surface area (Å²) in [5.41, 5.74) is 3.65. The third-order valence-corrected chi connectivity index (χ3v) is 5.74. The summed E-state index contributed by atoms with van der Waals surface area (Å²) in [4.78, 5) is 48.6. The van der Waals surface area contributed by atoms with Crippen molar-refractivity contribution in [2.24, 2.45) is 14.1 Å². The smallest absolute Gasteiger partial charge is 0.350 e. The number of aromatic nitrogens is 2. The van der Waals surface area contributed by atoms with E-state index in [4.69, 9.17) is 22.1 Å². The van der Waals surface area contributed by atoms with E-state index in [1.54, 1.807) is 0 Å². The average molecular weight is 426 g/mol. The molecule has 0 amide bonds. The zero-order valence-electron chi connectivity index (χ0n) is 14.6. The molecule has 0 fully saturated rings. The lowest BCUT2D eigenvalue weighted by molar-refractivity contribution is 0.0479. The summed E-state index contributed by atoms with van der Waals surface area (Å²) in [7, 11) is 2.50. The summed E-state index contributed by atoms with van der Waals surface area (Å²) in [6.45, 7) is -0.782. The van der Waals surface area contributed by atoms with Crippen molar-refractivity contribution in [3.63, 3.8) is 0 Å². The number of ketones is 1. The second kappa shape index (κ2) is 7.21. The Labute approximate surface area is 165 Å². The Balaban J connectivity index is 1.86. The highest BCUT2D eigenvalue weighted by atomic mass is 35.5. The Morgan fingerprint density at radius 2 is 1.93 bits per heavy atom. The second-order valence-corrected chi connectivity index (χ2v) is 7.28. The van der Waals surface area contributed by atoms with Crippen molar-refractivity contribution in [1.82, 2.24) is 9.13 Å². The van der Waals surface area contributed by atoms with E-state index in [-0.39, 0.29) is 15.7 Å². The van der Waals surface area contributed by atoms with Crippen molar-refractivity contribution in [3.8, 4) is 0 Å². The number of carbonyl (C=O) groups excluding carboxylic acids is 2. The minimum absolute atomic E-state index is 0.00333. The van der Waals surface area contributed by atoms with E-state index in [2.05, 4.69) is 0 Å². The van der Waals surface area contributed by atoms with Crippen LogP contribution in [0.25, 0.3) is 10.1 Å². The molecule has 0 saturated carbocycles. The molecule has 11 heteroatoms. The Hall–Kier alpha value is -2.98. The Kier molecular flexibility index (Phi) is 5.09. The highest BCUT2D eigenvalue weighted by Gasteiger charge is 2.24. The number of nitrogen functional groups attached to an aromatic ring is 1. The van der Waals surface area contributed by atoms with E-state index in [1.807, 2.05) is 0 Å². The third kappa shape index (κ3) is 3.20. The molecule has 0 aliphatic rings. The summed E-state index contributed by atoms with van der Waals surface area (Å²) in [5.74, 6) is -2.59. The first kappa shape index (κ1) is 19.8. The SMILES string of the molecule is Cn1c(N)c(C(=O)COC(=O)c2sc3cc(F)ccc3c2Cl)c(=O)n(C)c1=O. The minimum atomic E-state index is -0.903. The molecule has 0 aliphatic carbocycles. The zero-order valence-corrected chi connectivity index (χ0v) is 16.2. The van der Waals surface area contributed by atoms with E-state index >= 15 is 0 Å². The van der Waals surface area contributed by atoms with E-state index in [0.29, 0.717) is 10.1 Å². The highest BCUT2D eigenvalue weighted by molar-refractivity contribution is 7.21. The standard InChI is InChI=1S/C17H13ClFN3O5S/c1-21-14(20)11(15(24)22(2)17(21)26)9(23)6-27-16(25)13-12(18)8-4-3-7(19)5-10(8)28-13/h3-5H,6,20H2,1-2H3. The summed E-state index contributed by atoms with van der Waals surface area (Å²) in [6.07, 6.45) is 0. The molecule has 28 heavy (non-hydrogen) atoms. The number of halogens is 2. The van der Waals surface area contributed by atoms with Gasteiger partial charge in [-0.3, -0.25) is 18.7 Å². The number of benzene rings is 1. The molecule has 0 spiro atoms. The molecule has 8 nitrogen and oxygen atoms in total. The fraction of sp³-hybridized carbons (Fsp3) is 0.176. The van der Waals surface area contributed by atoms with Crippen LogP contribution < -0.4 is 17.0 Å². The van der Waals surface area contributed by atoms with Crippen molar-refractivity contribution < 1.29 is 18.7 Å². The van der Waals surface area contributed by atoms with Gasteiger partial charge in [0.2, 0.25) is 5.78 Å². The Morgan fingerprint density at radius 1 is 1.25 bits per heavy atom. The molecular weight excluding hydrogens is 413 g/mol. The van der Waals surface area contributed by atoms with Crippen LogP contribution in [0.2, 0.25) is 5.02 Å². The van der Waals surface area contributed by atoms with Crippen LogP contribution in [0.3, 0.4) is 0 Å². The number of nitrogens with zero attached hydrogens (tertiary/aromatic N) is 2. The quantitative estimate of drug-likeness (QED) is 0.503. The fourth-order valence-electron chi connectivity index (χ4n) is 2.56. The van der Waals surface area contributed by atoms with Crippen LogP contribution in [0.15, 0.2) is 27.8 Å². The summed E-state index contributed by atoms with van der Waals surface area (Å²) in [6, 6.07) is 3.86. The molecule has 0 radical (unpaired) electrons. The third-order valence-electron chi connectivity index (χ3n) is 4.10. The molecule has 0 unspecified atom stereocenters. The number of nitrogens with two attached hydrogens (primary N) is 1. The molecule has 3 rings (SSSR count). The van der Waals surface area contributed by atoms with E-state index in [0.717, 1.165) is 20.5 Å². The molecule has 1 aromatic carbocycles. The Bertz CT molecular complexity index is 1260. The molecule has 2 heterocycles. The first-order chi connectivity index (χ1) is 13.1. The van der Waals surface area contributed by atoms with Crippen molar-refractivity contribution in [2.75, 3.05) is 12.3 Å². The van der Waals surface area contributed by atoms with Gasteiger partial charge in [-0.25, -0.2) is 14.0 Å². The molecule has 0 aliphatic heterocycles. The number of hydrogen-bond acceptors (Lipinski definition) is 7.